The first-order valence-corrected chi connectivity index (χ1v) is 7.45. The van der Waals surface area contributed by atoms with Gasteiger partial charge < -0.3 is 4.74 Å². The number of thiol groups is 1. The molecule has 0 saturated heterocycles. The molecule has 2 rings (SSSR count). The Morgan fingerprint density at radius 3 is 2.58 bits per heavy atom. The molecule has 0 aliphatic rings. The van der Waals surface area contributed by atoms with Gasteiger partial charge in [0.05, 0.1) is 6.61 Å². The number of pyridine rings is 1. The second-order valence-corrected chi connectivity index (χ2v) is 5.30. The highest BCUT2D eigenvalue weighted by Gasteiger charge is 2.25. The molecule has 1 aromatic carbocycles. The Morgan fingerprint density at radius 2 is 1.89 bits per heavy atom. The van der Waals surface area contributed by atoms with Gasteiger partial charge in [0.2, 0.25) is 0 Å². The molecule has 0 fully saturated rings. The average Bonchev–Trinajstić information content (AvgIpc) is 2.49. The lowest BCUT2D eigenvalue weighted by Crippen LogP contribution is -2.29. The van der Waals surface area contributed by atoms with Crippen molar-refractivity contribution in [2.24, 2.45) is 5.41 Å². The predicted octanol–water partition coefficient (Wildman–Crippen LogP) is 4.35. The normalized spacial score (nSPS) is 11.7. The van der Waals surface area contributed by atoms with Crippen LogP contribution in [-0.4, -0.2) is 17.3 Å². The maximum absolute atomic E-state index is 6.05. The summed E-state index contributed by atoms with van der Waals surface area (Å²) in [6.45, 7) is 5.09. The number of rotatable bonds is 6. The Labute approximate surface area is 120 Å². The number of hydrogen-bond acceptors (Lipinski definition) is 3. The Morgan fingerprint density at radius 1 is 1.16 bits per heavy atom. The second kappa shape index (κ2) is 6.29. The Bertz CT molecular complexity index is 524. The van der Waals surface area contributed by atoms with Crippen molar-refractivity contribution < 1.29 is 4.74 Å². The third-order valence-corrected chi connectivity index (χ3v) is 4.64. The first-order chi connectivity index (χ1) is 9.24. The van der Waals surface area contributed by atoms with Gasteiger partial charge in [-0.2, -0.15) is 12.6 Å². The van der Waals surface area contributed by atoms with Crippen LogP contribution in [0, 0.1) is 5.41 Å². The van der Waals surface area contributed by atoms with Gasteiger partial charge in [-0.3, -0.25) is 4.98 Å². The molecule has 102 valence electrons. The summed E-state index contributed by atoms with van der Waals surface area (Å²) in [5, 5.41) is 1.12. The summed E-state index contributed by atoms with van der Waals surface area (Å²) in [5.74, 6) is 1.71. The lowest BCUT2D eigenvalue weighted by molar-refractivity contribution is 0.158. The van der Waals surface area contributed by atoms with Crippen molar-refractivity contribution in [2.75, 3.05) is 12.4 Å². The van der Waals surface area contributed by atoms with Crippen LogP contribution in [0.25, 0.3) is 10.9 Å². The standard InChI is InChI=1S/C16H21NOS/c1-3-16(4-2,12-19)11-18-14-9-5-7-13-8-6-10-17-15(13)14/h5-10,19H,3-4,11-12H2,1-2H3. The largest absolute Gasteiger partial charge is 0.491 e. The summed E-state index contributed by atoms with van der Waals surface area (Å²) >= 11 is 4.49. The zero-order chi connectivity index (χ0) is 13.7. The van der Waals surface area contributed by atoms with Crippen molar-refractivity contribution >= 4 is 23.5 Å². The molecule has 0 unspecified atom stereocenters. The molecule has 0 spiro atoms. The summed E-state index contributed by atoms with van der Waals surface area (Å²) in [6.07, 6.45) is 3.96. The zero-order valence-corrected chi connectivity index (χ0v) is 12.5. The highest BCUT2D eigenvalue weighted by atomic mass is 32.1. The number of ether oxygens (including phenoxy) is 1. The van der Waals surface area contributed by atoms with Gasteiger partial charge in [0.15, 0.2) is 0 Å². The highest BCUT2D eigenvalue weighted by molar-refractivity contribution is 7.80. The monoisotopic (exact) mass is 275 g/mol. The van der Waals surface area contributed by atoms with Crippen molar-refractivity contribution in [1.82, 2.24) is 4.98 Å². The van der Waals surface area contributed by atoms with E-state index in [1.165, 1.54) is 0 Å². The summed E-state index contributed by atoms with van der Waals surface area (Å²) in [5.41, 5.74) is 1.09. The Balaban J connectivity index is 2.22. The van der Waals surface area contributed by atoms with Crippen molar-refractivity contribution in [3.05, 3.63) is 36.5 Å². The third-order valence-electron chi connectivity index (χ3n) is 3.96. The van der Waals surface area contributed by atoms with E-state index in [1.54, 1.807) is 6.20 Å². The minimum absolute atomic E-state index is 0.153. The average molecular weight is 275 g/mol. The number of benzene rings is 1. The zero-order valence-electron chi connectivity index (χ0n) is 11.6. The van der Waals surface area contributed by atoms with Gasteiger partial charge in [-0.15, -0.1) is 0 Å². The third kappa shape index (κ3) is 3.03. The molecule has 0 N–H and O–H groups in total. The molecule has 0 bridgehead atoms. The van der Waals surface area contributed by atoms with Gasteiger partial charge in [0, 0.05) is 17.0 Å². The number of fused-ring (bicyclic) bond motifs is 1. The summed E-state index contributed by atoms with van der Waals surface area (Å²) in [6, 6.07) is 10.1. The minimum atomic E-state index is 0.153. The van der Waals surface area contributed by atoms with Gasteiger partial charge >= 0.3 is 0 Å². The number of aromatic nitrogens is 1. The van der Waals surface area contributed by atoms with E-state index in [0.29, 0.717) is 6.61 Å². The number of hydrogen-bond donors (Lipinski definition) is 1. The minimum Gasteiger partial charge on any atom is -0.491 e. The molecule has 3 heteroatoms. The fourth-order valence-corrected chi connectivity index (χ4v) is 2.69. The summed E-state index contributed by atoms with van der Waals surface area (Å²) < 4.78 is 6.05. The lowest BCUT2D eigenvalue weighted by atomic mass is 9.85. The Hall–Kier alpha value is -1.22. The van der Waals surface area contributed by atoms with Crippen molar-refractivity contribution in [3.63, 3.8) is 0 Å². The molecule has 0 aliphatic heterocycles. The van der Waals surface area contributed by atoms with Crippen LogP contribution in [0.5, 0.6) is 5.75 Å². The molecule has 0 amide bonds. The smallest absolute Gasteiger partial charge is 0.145 e. The fraction of sp³-hybridized carbons (Fsp3) is 0.438. The molecule has 19 heavy (non-hydrogen) atoms. The van der Waals surface area contributed by atoms with E-state index in [0.717, 1.165) is 35.2 Å². The molecule has 0 radical (unpaired) electrons. The molecule has 0 saturated carbocycles. The van der Waals surface area contributed by atoms with E-state index in [-0.39, 0.29) is 5.41 Å². The quantitative estimate of drug-likeness (QED) is 0.792. The Kier molecular flexibility index (Phi) is 4.70. The maximum atomic E-state index is 6.05. The van der Waals surface area contributed by atoms with E-state index in [4.69, 9.17) is 4.74 Å². The van der Waals surface area contributed by atoms with Crippen LogP contribution in [0.3, 0.4) is 0 Å². The van der Waals surface area contributed by atoms with Gasteiger partial charge in [-0.05, 0) is 30.7 Å². The first kappa shape index (κ1) is 14.2. The molecule has 1 aromatic heterocycles. The van der Waals surface area contributed by atoms with Crippen LogP contribution >= 0.6 is 12.6 Å². The molecular weight excluding hydrogens is 254 g/mol. The van der Waals surface area contributed by atoms with Gasteiger partial charge in [-0.1, -0.05) is 32.0 Å². The SMILES string of the molecule is CCC(CC)(CS)COc1cccc2cccnc12. The van der Waals surface area contributed by atoms with Gasteiger partial charge in [0.1, 0.15) is 11.3 Å². The van der Waals surface area contributed by atoms with Crippen LogP contribution in [0.15, 0.2) is 36.5 Å². The van der Waals surface area contributed by atoms with Crippen LogP contribution < -0.4 is 4.74 Å². The molecule has 1 heterocycles. The van der Waals surface area contributed by atoms with E-state index in [9.17, 15) is 0 Å². The van der Waals surface area contributed by atoms with E-state index >= 15 is 0 Å². The molecule has 0 atom stereocenters. The van der Waals surface area contributed by atoms with E-state index < -0.39 is 0 Å². The van der Waals surface area contributed by atoms with Crippen LogP contribution in [0.1, 0.15) is 26.7 Å². The topological polar surface area (TPSA) is 22.1 Å². The first-order valence-electron chi connectivity index (χ1n) is 6.82. The molecule has 0 aliphatic carbocycles. The highest BCUT2D eigenvalue weighted by Crippen LogP contribution is 2.30. The predicted molar refractivity (Wildman–Crippen MR) is 84.1 cm³/mol. The van der Waals surface area contributed by atoms with Crippen LogP contribution in [0.4, 0.5) is 0 Å². The van der Waals surface area contributed by atoms with E-state index in [2.05, 4.69) is 43.6 Å². The van der Waals surface area contributed by atoms with Gasteiger partial charge in [0.25, 0.3) is 0 Å². The fourth-order valence-electron chi connectivity index (χ4n) is 2.15. The van der Waals surface area contributed by atoms with Crippen molar-refractivity contribution in [3.8, 4) is 5.75 Å². The maximum Gasteiger partial charge on any atom is 0.145 e. The lowest BCUT2D eigenvalue weighted by Gasteiger charge is -2.29. The van der Waals surface area contributed by atoms with E-state index in [1.807, 2.05) is 18.2 Å². The van der Waals surface area contributed by atoms with Crippen LogP contribution in [-0.2, 0) is 0 Å². The molecular formula is C16H21NOS. The van der Waals surface area contributed by atoms with Crippen molar-refractivity contribution in [2.45, 2.75) is 26.7 Å². The molecule has 2 aromatic rings. The second-order valence-electron chi connectivity index (χ2n) is 4.99. The number of para-hydroxylation sites is 1. The van der Waals surface area contributed by atoms with Crippen molar-refractivity contribution in [1.29, 1.82) is 0 Å². The number of nitrogens with zero attached hydrogens (tertiary/aromatic N) is 1. The summed E-state index contributed by atoms with van der Waals surface area (Å²) in [7, 11) is 0. The van der Waals surface area contributed by atoms with Gasteiger partial charge in [-0.25, -0.2) is 0 Å². The van der Waals surface area contributed by atoms with Crippen LogP contribution in [0.2, 0.25) is 0 Å². The summed E-state index contributed by atoms with van der Waals surface area (Å²) in [4.78, 5) is 4.42. The molecule has 2 nitrogen and oxygen atoms in total.